The monoisotopic (exact) mass is 397 g/mol. The van der Waals surface area contributed by atoms with Gasteiger partial charge in [0.15, 0.2) is 0 Å². The van der Waals surface area contributed by atoms with Gasteiger partial charge in [0.25, 0.3) is 0 Å². The summed E-state index contributed by atoms with van der Waals surface area (Å²) in [6.07, 6.45) is 7.22. The summed E-state index contributed by atoms with van der Waals surface area (Å²) in [4.78, 5) is 5.09. The highest BCUT2D eigenvalue weighted by Gasteiger charge is 2.26. The van der Waals surface area contributed by atoms with Gasteiger partial charge in [-0.2, -0.15) is 0 Å². The fraction of sp³-hybridized carbons (Fsp3) is 0.500. The van der Waals surface area contributed by atoms with Crippen LogP contribution in [0.2, 0.25) is 0 Å². The molecule has 1 N–H and O–H groups in total. The van der Waals surface area contributed by atoms with E-state index in [9.17, 15) is 9.50 Å². The Balaban J connectivity index is 2.90. The first-order valence-electron chi connectivity index (χ1n) is 10.9. The van der Waals surface area contributed by atoms with Crippen LogP contribution in [0.3, 0.4) is 0 Å². The van der Waals surface area contributed by atoms with Gasteiger partial charge < -0.3 is 5.11 Å². The lowest BCUT2D eigenvalue weighted by Gasteiger charge is -2.26. The predicted molar refractivity (Wildman–Crippen MR) is 121 cm³/mol. The lowest BCUT2D eigenvalue weighted by Crippen LogP contribution is -2.14. The van der Waals surface area contributed by atoms with Crippen molar-refractivity contribution in [2.24, 2.45) is 0 Å². The number of benzene rings is 1. The summed E-state index contributed by atoms with van der Waals surface area (Å²) >= 11 is 0. The predicted octanol–water partition coefficient (Wildman–Crippen LogP) is 7.48. The molecule has 158 valence electrons. The number of allylic oxidation sites excluding steroid dienone is 1. The van der Waals surface area contributed by atoms with Crippen LogP contribution in [0.5, 0.6) is 0 Å². The van der Waals surface area contributed by atoms with Gasteiger partial charge in [0.2, 0.25) is 0 Å². The van der Waals surface area contributed by atoms with Gasteiger partial charge in [-0.05, 0) is 60.4 Å². The average Bonchev–Trinajstić information content (AvgIpc) is 2.68. The molecule has 1 aromatic heterocycles. The summed E-state index contributed by atoms with van der Waals surface area (Å²) in [6, 6.07) is 6.66. The lowest BCUT2D eigenvalue weighted by atomic mass is 9.83. The van der Waals surface area contributed by atoms with Gasteiger partial charge in [-0.1, -0.05) is 71.7 Å². The van der Waals surface area contributed by atoms with E-state index >= 15 is 0 Å². The fourth-order valence-corrected chi connectivity index (χ4v) is 3.92. The third kappa shape index (κ3) is 5.54. The number of aromatic nitrogens is 1. The molecule has 0 aliphatic heterocycles. The topological polar surface area (TPSA) is 33.1 Å². The molecular weight excluding hydrogens is 361 g/mol. The average molecular weight is 398 g/mol. The quantitative estimate of drug-likeness (QED) is 0.351. The first kappa shape index (κ1) is 23.3. The van der Waals surface area contributed by atoms with E-state index in [4.69, 9.17) is 4.98 Å². The molecule has 1 aromatic carbocycles. The molecule has 2 rings (SSSR count). The van der Waals surface area contributed by atoms with Crippen molar-refractivity contribution in [2.75, 3.05) is 0 Å². The highest BCUT2D eigenvalue weighted by atomic mass is 19.1. The SMILES string of the molecule is C/C=C/C(O)c1c(C(C)C)nc(C(C)C)c(CCCCC)c1-c1ccc(F)cc1. The number of rotatable bonds is 9. The van der Waals surface area contributed by atoms with Gasteiger partial charge in [-0.15, -0.1) is 0 Å². The lowest BCUT2D eigenvalue weighted by molar-refractivity contribution is 0.226. The minimum atomic E-state index is -0.740. The molecule has 2 aromatic rings. The van der Waals surface area contributed by atoms with E-state index in [0.717, 1.165) is 53.8 Å². The maximum absolute atomic E-state index is 13.7. The second kappa shape index (κ2) is 10.7. The van der Waals surface area contributed by atoms with Gasteiger partial charge in [0.1, 0.15) is 5.82 Å². The zero-order valence-corrected chi connectivity index (χ0v) is 18.8. The molecule has 0 saturated carbocycles. The summed E-state index contributed by atoms with van der Waals surface area (Å²) in [5.74, 6) is 0.196. The Morgan fingerprint density at radius 2 is 1.62 bits per heavy atom. The van der Waals surface area contributed by atoms with Crippen LogP contribution in [-0.2, 0) is 6.42 Å². The molecule has 0 amide bonds. The largest absolute Gasteiger partial charge is 0.384 e. The molecule has 0 bridgehead atoms. The van der Waals surface area contributed by atoms with Crippen molar-refractivity contribution in [3.63, 3.8) is 0 Å². The molecule has 1 unspecified atom stereocenters. The highest BCUT2D eigenvalue weighted by molar-refractivity contribution is 5.74. The Hall–Kier alpha value is -2.00. The van der Waals surface area contributed by atoms with E-state index in [-0.39, 0.29) is 17.7 Å². The van der Waals surface area contributed by atoms with Crippen molar-refractivity contribution in [3.8, 4) is 11.1 Å². The Bertz CT molecular complexity index is 822. The van der Waals surface area contributed by atoms with Crippen LogP contribution in [0.15, 0.2) is 36.4 Å². The van der Waals surface area contributed by atoms with E-state index in [1.165, 1.54) is 17.7 Å². The number of aliphatic hydroxyl groups is 1. The molecule has 2 nitrogen and oxygen atoms in total. The van der Waals surface area contributed by atoms with Gasteiger partial charge >= 0.3 is 0 Å². The van der Waals surface area contributed by atoms with Crippen molar-refractivity contribution < 1.29 is 9.50 Å². The number of hydrogen-bond acceptors (Lipinski definition) is 2. The molecule has 1 atom stereocenters. The highest BCUT2D eigenvalue weighted by Crippen LogP contribution is 2.40. The van der Waals surface area contributed by atoms with E-state index < -0.39 is 6.10 Å². The molecule has 0 fully saturated rings. The van der Waals surface area contributed by atoms with Crippen molar-refractivity contribution in [3.05, 3.63) is 64.7 Å². The van der Waals surface area contributed by atoms with Gasteiger partial charge in [-0.3, -0.25) is 4.98 Å². The van der Waals surface area contributed by atoms with Crippen molar-refractivity contribution in [2.45, 2.75) is 85.2 Å². The molecular formula is C26H36FNO. The molecule has 0 aliphatic carbocycles. The van der Waals surface area contributed by atoms with Crippen LogP contribution in [-0.4, -0.2) is 10.1 Å². The summed E-state index contributed by atoms with van der Waals surface area (Å²) in [5, 5.41) is 11.1. The molecule has 0 saturated heterocycles. The number of unbranched alkanes of at least 4 members (excludes halogenated alkanes) is 2. The maximum atomic E-state index is 13.7. The van der Waals surface area contributed by atoms with Crippen molar-refractivity contribution in [1.29, 1.82) is 0 Å². The van der Waals surface area contributed by atoms with Crippen molar-refractivity contribution in [1.82, 2.24) is 4.98 Å². The van der Waals surface area contributed by atoms with Gasteiger partial charge in [-0.25, -0.2) is 4.39 Å². The summed E-state index contributed by atoms with van der Waals surface area (Å²) in [5.41, 5.74) is 6.07. The number of pyridine rings is 1. The zero-order chi connectivity index (χ0) is 21.6. The Labute approximate surface area is 175 Å². The maximum Gasteiger partial charge on any atom is 0.123 e. The second-order valence-corrected chi connectivity index (χ2v) is 8.39. The molecule has 29 heavy (non-hydrogen) atoms. The Morgan fingerprint density at radius 3 is 2.14 bits per heavy atom. The second-order valence-electron chi connectivity index (χ2n) is 8.39. The number of halogens is 1. The molecule has 1 heterocycles. The summed E-state index contributed by atoms with van der Waals surface area (Å²) < 4.78 is 13.7. The van der Waals surface area contributed by atoms with Gasteiger partial charge in [0, 0.05) is 17.0 Å². The van der Waals surface area contributed by atoms with Crippen LogP contribution in [0, 0.1) is 5.82 Å². The smallest absolute Gasteiger partial charge is 0.123 e. The van der Waals surface area contributed by atoms with Crippen LogP contribution in [0.25, 0.3) is 11.1 Å². The van der Waals surface area contributed by atoms with E-state index in [2.05, 4.69) is 34.6 Å². The number of hydrogen-bond donors (Lipinski definition) is 1. The normalized spacial score (nSPS) is 13.0. The van der Waals surface area contributed by atoms with Crippen molar-refractivity contribution >= 4 is 0 Å². The Morgan fingerprint density at radius 1 is 1.00 bits per heavy atom. The van der Waals surface area contributed by atoms with Crippen LogP contribution < -0.4 is 0 Å². The minimum Gasteiger partial charge on any atom is -0.384 e. The molecule has 3 heteroatoms. The number of aliphatic hydroxyl groups excluding tert-OH is 1. The van der Waals surface area contributed by atoms with Crippen LogP contribution in [0.4, 0.5) is 4.39 Å². The minimum absolute atomic E-state index is 0.172. The standard InChI is InChI=1S/C26H36FNO/c1-7-9-10-12-21-23(19-13-15-20(27)16-14-19)24(22(29)11-8-2)26(18(5)6)28-25(21)17(3)4/h8,11,13-18,22,29H,7,9-10,12H2,1-6H3/b11-8+. The van der Waals surface area contributed by atoms with E-state index in [1.807, 2.05) is 25.1 Å². The zero-order valence-electron chi connectivity index (χ0n) is 18.8. The van der Waals surface area contributed by atoms with Crippen LogP contribution >= 0.6 is 0 Å². The summed E-state index contributed by atoms with van der Waals surface area (Å²) in [6.45, 7) is 12.7. The van der Waals surface area contributed by atoms with E-state index in [1.54, 1.807) is 6.08 Å². The summed E-state index contributed by atoms with van der Waals surface area (Å²) in [7, 11) is 0. The van der Waals surface area contributed by atoms with Crippen LogP contribution in [0.1, 0.15) is 101 Å². The first-order chi connectivity index (χ1) is 13.8. The third-order valence-electron chi connectivity index (χ3n) is 5.32. The van der Waals surface area contributed by atoms with Gasteiger partial charge in [0.05, 0.1) is 6.10 Å². The molecule has 0 spiro atoms. The Kier molecular flexibility index (Phi) is 8.58. The number of nitrogens with zero attached hydrogens (tertiary/aromatic N) is 1. The first-order valence-corrected chi connectivity index (χ1v) is 10.9. The van der Waals surface area contributed by atoms with E-state index in [0.29, 0.717) is 0 Å². The molecule has 0 radical (unpaired) electrons. The third-order valence-corrected chi connectivity index (χ3v) is 5.32. The molecule has 0 aliphatic rings. The fourth-order valence-electron chi connectivity index (χ4n) is 3.92.